The van der Waals surface area contributed by atoms with Crippen LogP contribution in [0, 0.1) is 0 Å². The molecule has 4 atom stereocenters. The number of carbonyl (C=O) groups excluding carboxylic acids is 3. The molecule has 32 heavy (non-hydrogen) atoms. The van der Waals surface area contributed by atoms with Crippen molar-refractivity contribution in [3.05, 3.63) is 0 Å². The van der Waals surface area contributed by atoms with Crippen LogP contribution in [0.3, 0.4) is 0 Å². The van der Waals surface area contributed by atoms with E-state index in [2.05, 4.69) is 10.6 Å². The number of hydrogen-bond acceptors (Lipinski definition) is 9. The van der Waals surface area contributed by atoms with Crippen molar-refractivity contribution < 1.29 is 49.2 Å². The molecule has 0 heterocycles. The van der Waals surface area contributed by atoms with Crippen LogP contribution in [0.1, 0.15) is 32.1 Å². The molecule has 4 unspecified atom stereocenters. The topological polar surface area (TPSA) is 271 Å². The summed E-state index contributed by atoms with van der Waals surface area (Å²) >= 11 is 0. The molecule has 0 aliphatic rings. The fraction of sp³-hybridized carbons (Fsp3) is 0.647. The van der Waals surface area contributed by atoms with Crippen LogP contribution in [0.4, 0.5) is 0 Å². The van der Waals surface area contributed by atoms with E-state index >= 15 is 0 Å². The van der Waals surface area contributed by atoms with Gasteiger partial charge < -0.3 is 47.8 Å². The molecule has 0 bridgehead atoms. The Hall–Kier alpha value is -3.30. The van der Waals surface area contributed by atoms with E-state index in [-0.39, 0.29) is 13.0 Å². The SMILES string of the molecule is NCCCCC(NC(=O)C(N)CC(=O)O)C(=O)NC(CC(=O)O)C(=O)NC(CO)C(=O)O. The summed E-state index contributed by atoms with van der Waals surface area (Å²) < 4.78 is 0. The van der Waals surface area contributed by atoms with Gasteiger partial charge in [-0.1, -0.05) is 0 Å². The highest BCUT2D eigenvalue weighted by molar-refractivity contribution is 5.96. The van der Waals surface area contributed by atoms with E-state index in [1.165, 1.54) is 0 Å². The monoisotopic (exact) mass is 463 g/mol. The van der Waals surface area contributed by atoms with E-state index in [1.54, 1.807) is 0 Å². The molecule has 0 fully saturated rings. The number of carboxylic acids is 3. The first kappa shape index (κ1) is 28.7. The van der Waals surface area contributed by atoms with Crippen LogP contribution in [0.2, 0.25) is 0 Å². The molecule has 0 saturated carbocycles. The fourth-order valence-electron chi connectivity index (χ4n) is 2.44. The molecule has 0 aliphatic heterocycles. The van der Waals surface area contributed by atoms with E-state index in [0.717, 1.165) is 0 Å². The van der Waals surface area contributed by atoms with Crippen LogP contribution in [0.25, 0.3) is 0 Å². The standard InChI is InChI=1S/C17H29N5O10/c18-4-2-1-3-9(20-14(28)8(19)5-12(24)25)15(29)21-10(6-13(26)27)16(30)22-11(7-23)17(31)32/h8-11,23H,1-7,18-19H2,(H,20,28)(H,21,29)(H,22,30)(H,24,25)(H,26,27)(H,31,32). The third kappa shape index (κ3) is 11.2. The molecule has 15 nitrogen and oxygen atoms in total. The van der Waals surface area contributed by atoms with E-state index in [4.69, 9.17) is 31.9 Å². The van der Waals surface area contributed by atoms with Gasteiger partial charge in [-0.2, -0.15) is 0 Å². The van der Waals surface area contributed by atoms with Crippen molar-refractivity contribution in [2.45, 2.75) is 56.3 Å². The zero-order chi connectivity index (χ0) is 24.8. The average Bonchev–Trinajstić information content (AvgIpc) is 2.69. The average molecular weight is 463 g/mol. The van der Waals surface area contributed by atoms with Crippen LogP contribution in [0.15, 0.2) is 0 Å². The lowest BCUT2D eigenvalue weighted by Crippen LogP contribution is -2.58. The number of amides is 3. The Kier molecular flexibility index (Phi) is 13.1. The summed E-state index contributed by atoms with van der Waals surface area (Å²) in [6.45, 7) is -0.698. The number of aliphatic hydroxyl groups is 1. The van der Waals surface area contributed by atoms with Gasteiger partial charge in [0.15, 0.2) is 0 Å². The smallest absolute Gasteiger partial charge is 0.328 e. The van der Waals surface area contributed by atoms with Crippen molar-refractivity contribution in [1.82, 2.24) is 16.0 Å². The van der Waals surface area contributed by atoms with Crippen LogP contribution in [-0.4, -0.2) is 93.4 Å². The number of aliphatic carboxylic acids is 3. The van der Waals surface area contributed by atoms with Crippen molar-refractivity contribution in [2.24, 2.45) is 11.5 Å². The van der Waals surface area contributed by atoms with E-state index in [0.29, 0.717) is 12.8 Å². The minimum absolute atomic E-state index is 0.0182. The van der Waals surface area contributed by atoms with E-state index in [9.17, 15) is 28.8 Å². The maximum Gasteiger partial charge on any atom is 0.328 e. The lowest BCUT2D eigenvalue weighted by atomic mass is 10.1. The Bertz CT molecular complexity index is 701. The fourth-order valence-corrected chi connectivity index (χ4v) is 2.44. The predicted molar refractivity (Wildman–Crippen MR) is 106 cm³/mol. The lowest BCUT2D eigenvalue weighted by molar-refractivity contribution is -0.144. The number of nitrogens with one attached hydrogen (secondary N) is 3. The number of hydrogen-bond donors (Lipinski definition) is 9. The molecular weight excluding hydrogens is 434 g/mol. The van der Waals surface area contributed by atoms with Gasteiger partial charge in [-0.05, 0) is 25.8 Å². The van der Waals surface area contributed by atoms with Gasteiger partial charge in [-0.15, -0.1) is 0 Å². The zero-order valence-electron chi connectivity index (χ0n) is 17.2. The summed E-state index contributed by atoms with van der Waals surface area (Å²) in [6.07, 6.45) is -0.784. The lowest BCUT2D eigenvalue weighted by Gasteiger charge is -2.24. The Morgan fingerprint density at radius 1 is 0.719 bits per heavy atom. The molecule has 182 valence electrons. The van der Waals surface area contributed by atoms with Gasteiger partial charge in [0.1, 0.15) is 18.1 Å². The molecule has 0 aliphatic carbocycles. The molecule has 0 spiro atoms. The van der Waals surface area contributed by atoms with Crippen LogP contribution >= 0.6 is 0 Å². The van der Waals surface area contributed by atoms with Gasteiger partial charge >= 0.3 is 17.9 Å². The van der Waals surface area contributed by atoms with Crippen molar-refractivity contribution in [3.63, 3.8) is 0 Å². The molecule has 0 rings (SSSR count). The van der Waals surface area contributed by atoms with Crippen molar-refractivity contribution in [3.8, 4) is 0 Å². The van der Waals surface area contributed by atoms with Crippen LogP contribution < -0.4 is 27.4 Å². The van der Waals surface area contributed by atoms with Gasteiger partial charge in [-0.25, -0.2) is 4.79 Å². The molecule has 0 aromatic heterocycles. The molecule has 3 amide bonds. The zero-order valence-corrected chi connectivity index (χ0v) is 17.2. The quantitative estimate of drug-likeness (QED) is 0.0988. The first-order chi connectivity index (χ1) is 14.9. The number of unbranched alkanes of at least 4 members (excludes halogenated alkanes) is 1. The number of carbonyl (C=O) groups is 6. The van der Waals surface area contributed by atoms with Gasteiger partial charge in [0, 0.05) is 0 Å². The molecule has 11 N–H and O–H groups in total. The van der Waals surface area contributed by atoms with E-state index < -0.39 is 79.2 Å². The van der Waals surface area contributed by atoms with Gasteiger partial charge in [-0.3, -0.25) is 24.0 Å². The summed E-state index contributed by atoms with van der Waals surface area (Å²) in [4.78, 5) is 69.8. The Balaban J connectivity index is 5.44. The number of rotatable bonds is 16. The highest BCUT2D eigenvalue weighted by atomic mass is 16.4. The van der Waals surface area contributed by atoms with Gasteiger partial charge in [0.25, 0.3) is 0 Å². The first-order valence-electron chi connectivity index (χ1n) is 9.56. The molecule has 15 heteroatoms. The molecular formula is C17H29N5O10. The minimum Gasteiger partial charge on any atom is -0.481 e. The summed E-state index contributed by atoms with van der Waals surface area (Å²) in [5, 5.41) is 41.9. The second-order valence-electron chi connectivity index (χ2n) is 6.79. The minimum atomic E-state index is -1.73. The molecule has 0 aromatic rings. The third-order valence-corrected chi connectivity index (χ3v) is 4.12. The molecule has 0 saturated heterocycles. The normalized spacial score (nSPS) is 14.3. The summed E-state index contributed by atoms with van der Waals surface area (Å²) in [7, 11) is 0. The van der Waals surface area contributed by atoms with Crippen molar-refractivity contribution in [2.75, 3.05) is 13.2 Å². The number of aliphatic hydroxyl groups excluding tert-OH is 1. The van der Waals surface area contributed by atoms with Crippen LogP contribution in [-0.2, 0) is 28.8 Å². The maximum absolute atomic E-state index is 12.7. The second-order valence-corrected chi connectivity index (χ2v) is 6.79. The van der Waals surface area contributed by atoms with Gasteiger partial charge in [0.05, 0.1) is 25.5 Å². The Morgan fingerprint density at radius 3 is 1.69 bits per heavy atom. The second kappa shape index (κ2) is 14.7. The summed E-state index contributed by atoms with van der Waals surface area (Å²) in [6, 6.07) is -6.22. The highest BCUT2D eigenvalue weighted by Crippen LogP contribution is 2.04. The summed E-state index contributed by atoms with van der Waals surface area (Å²) in [5.41, 5.74) is 10.9. The highest BCUT2D eigenvalue weighted by Gasteiger charge is 2.31. The van der Waals surface area contributed by atoms with Gasteiger partial charge in [0.2, 0.25) is 17.7 Å². The third-order valence-electron chi connectivity index (χ3n) is 4.12. The van der Waals surface area contributed by atoms with Crippen molar-refractivity contribution in [1.29, 1.82) is 0 Å². The number of nitrogens with two attached hydrogens (primary N) is 2. The van der Waals surface area contributed by atoms with E-state index in [1.807, 2.05) is 5.32 Å². The predicted octanol–water partition coefficient (Wildman–Crippen LogP) is -4.08. The largest absolute Gasteiger partial charge is 0.481 e. The molecule has 0 radical (unpaired) electrons. The maximum atomic E-state index is 12.7. The Labute approximate surface area is 182 Å². The van der Waals surface area contributed by atoms with Crippen molar-refractivity contribution >= 4 is 35.6 Å². The first-order valence-corrected chi connectivity index (χ1v) is 9.56. The molecule has 0 aromatic carbocycles. The number of carboxylic acid groups (broad SMARTS) is 3. The van der Waals surface area contributed by atoms with Crippen LogP contribution in [0.5, 0.6) is 0 Å². The summed E-state index contributed by atoms with van der Waals surface area (Å²) in [5.74, 6) is -7.53. The Morgan fingerprint density at radius 2 is 1.22 bits per heavy atom.